The summed E-state index contributed by atoms with van der Waals surface area (Å²) in [5.41, 5.74) is 0.853. The van der Waals surface area contributed by atoms with Gasteiger partial charge in [-0.05, 0) is 42.0 Å². The van der Waals surface area contributed by atoms with Crippen molar-refractivity contribution in [2.45, 2.75) is 6.42 Å². The van der Waals surface area contributed by atoms with E-state index < -0.39 is 0 Å². The maximum atomic E-state index is 11.7. The Morgan fingerprint density at radius 3 is 2.32 bits per heavy atom. The Kier molecular flexibility index (Phi) is 5.65. The summed E-state index contributed by atoms with van der Waals surface area (Å²) in [5, 5.41) is 12.0. The molecule has 2 aromatic carbocycles. The molecule has 2 N–H and O–H groups in total. The van der Waals surface area contributed by atoms with Gasteiger partial charge in [0.1, 0.15) is 23.9 Å². The van der Waals surface area contributed by atoms with Crippen molar-refractivity contribution in [1.29, 1.82) is 0 Å². The molecule has 2 rings (SSSR count). The SMILES string of the molecule is COc1ccc(OCCNC(=O)Cc2ccc(O)cc2)cc1. The fourth-order valence-corrected chi connectivity index (χ4v) is 1.89. The molecule has 0 aliphatic rings. The van der Waals surface area contributed by atoms with E-state index in [1.807, 2.05) is 24.3 Å². The molecule has 22 heavy (non-hydrogen) atoms. The van der Waals surface area contributed by atoms with Crippen LogP contribution in [0.1, 0.15) is 5.56 Å². The Morgan fingerprint density at radius 2 is 1.68 bits per heavy atom. The van der Waals surface area contributed by atoms with Crippen LogP contribution in [0.4, 0.5) is 0 Å². The van der Waals surface area contributed by atoms with Crippen molar-refractivity contribution < 1.29 is 19.4 Å². The lowest BCUT2D eigenvalue weighted by Gasteiger charge is -2.08. The minimum absolute atomic E-state index is 0.0796. The zero-order chi connectivity index (χ0) is 15.8. The van der Waals surface area contributed by atoms with Gasteiger partial charge in [-0.1, -0.05) is 12.1 Å². The molecule has 0 aromatic heterocycles. The number of phenols is 1. The van der Waals surface area contributed by atoms with E-state index in [0.717, 1.165) is 17.1 Å². The van der Waals surface area contributed by atoms with Crippen LogP contribution < -0.4 is 14.8 Å². The summed E-state index contributed by atoms with van der Waals surface area (Å²) in [7, 11) is 1.61. The lowest BCUT2D eigenvalue weighted by atomic mass is 10.1. The standard InChI is InChI=1S/C17H19NO4/c1-21-15-6-8-16(9-7-15)22-11-10-18-17(20)12-13-2-4-14(19)5-3-13/h2-9,19H,10-12H2,1H3,(H,18,20). The molecule has 0 saturated carbocycles. The fraction of sp³-hybridized carbons (Fsp3) is 0.235. The molecule has 0 saturated heterocycles. The van der Waals surface area contributed by atoms with E-state index in [2.05, 4.69) is 5.32 Å². The Hall–Kier alpha value is -2.69. The van der Waals surface area contributed by atoms with Crippen molar-refractivity contribution in [2.75, 3.05) is 20.3 Å². The summed E-state index contributed by atoms with van der Waals surface area (Å²) in [6, 6.07) is 13.8. The highest BCUT2D eigenvalue weighted by atomic mass is 16.5. The number of amides is 1. The number of benzene rings is 2. The Balaban J connectivity index is 1.67. The van der Waals surface area contributed by atoms with Gasteiger partial charge in [-0.2, -0.15) is 0 Å². The number of hydrogen-bond acceptors (Lipinski definition) is 4. The molecule has 0 bridgehead atoms. The van der Waals surface area contributed by atoms with Gasteiger partial charge in [0.05, 0.1) is 20.1 Å². The summed E-state index contributed by atoms with van der Waals surface area (Å²) in [6.45, 7) is 0.830. The van der Waals surface area contributed by atoms with Crippen molar-refractivity contribution in [3.05, 3.63) is 54.1 Å². The summed E-state index contributed by atoms with van der Waals surface area (Å²) in [4.78, 5) is 11.7. The second-order valence-corrected chi connectivity index (χ2v) is 4.72. The average Bonchev–Trinajstić information content (AvgIpc) is 2.54. The van der Waals surface area contributed by atoms with Crippen LogP contribution in [0.25, 0.3) is 0 Å². The van der Waals surface area contributed by atoms with Gasteiger partial charge in [0, 0.05) is 0 Å². The summed E-state index contributed by atoms with van der Waals surface area (Å²) in [6.07, 6.45) is 0.281. The smallest absolute Gasteiger partial charge is 0.224 e. The molecule has 0 spiro atoms. The van der Waals surface area contributed by atoms with Crippen molar-refractivity contribution >= 4 is 5.91 Å². The fourth-order valence-electron chi connectivity index (χ4n) is 1.89. The number of carbonyl (C=O) groups excluding carboxylic acids is 1. The van der Waals surface area contributed by atoms with E-state index >= 15 is 0 Å². The van der Waals surface area contributed by atoms with Gasteiger partial charge < -0.3 is 19.9 Å². The van der Waals surface area contributed by atoms with Crippen molar-refractivity contribution in [3.8, 4) is 17.2 Å². The summed E-state index contributed by atoms with van der Waals surface area (Å²) >= 11 is 0. The third-order valence-electron chi connectivity index (χ3n) is 3.05. The molecule has 0 atom stereocenters. The zero-order valence-electron chi connectivity index (χ0n) is 12.4. The van der Waals surface area contributed by atoms with E-state index in [-0.39, 0.29) is 18.1 Å². The van der Waals surface area contributed by atoms with E-state index in [0.29, 0.717) is 13.2 Å². The number of methoxy groups -OCH3 is 1. The number of aromatic hydroxyl groups is 1. The van der Waals surface area contributed by atoms with Crippen LogP contribution in [0.3, 0.4) is 0 Å². The molecular weight excluding hydrogens is 282 g/mol. The van der Waals surface area contributed by atoms with Gasteiger partial charge in [0.15, 0.2) is 0 Å². The Morgan fingerprint density at radius 1 is 1.05 bits per heavy atom. The van der Waals surface area contributed by atoms with Crippen LogP contribution in [-0.4, -0.2) is 31.3 Å². The summed E-state index contributed by atoms with van der Waals surface area (Å²) in [5.74, 6) is 1.62. The van der Waals surface area contributed by atoms with Gasteiger partial charge in [-0.25, -0.2) is 0 Å². The first-order valence-corrected chi connectivity index (χ1v) is 6.99. The topological polar surface area (TPSA) is 67.8 Å². The molecule has 0 aliphatic heterocycles. The number of ether oxygens (including phenoxy) is 2. The lowest BCUT2D eigenvalue weighted by molar-refractivity contribution is -0.120. The largest absolute Gasteiger partial charge is 0.508 e. The third-order valence-corrected chi connectivity index (χ3v) is 3.05. The Bertz CT molecular complexity index is 593. The van der Waals surface area contributed by atoms with E-state index in [4.69, 9.17) is 9.47 Å². The number of carbonyl (C=O) groups is 1. The molecule has 0 unspecified atom stereocenters. The van der Waals surface area contributed by atoms with Crippen LogP contribution >= 0.6 is 0 Å². The minimum atomic E-state index is -0.0796. The molecule has 0 radical (unpaired) electrons. The van der Waals surface area contributed by atoms with Crippen molar-refractivity contribution in [3.63, 3.8) is 0 Å². The van der Waals surface area contributed by atoms with Gasteiger partial charge in [-0.3, -0.25) is 4.79 Å². The maximum Gasteiger partial charge on any atom is 0.224 e. The van der Waals surface area contributed by atoms with Crippen molar-refractivity contribution in [1.82, 2.24) is 5.32 Å². The van der Waals surface area contributed by atoms with Gasteiger partial charge in [0.2, 0.25) is 5.91 Å². The minimum Gasteiger partial charge on any atom is -0.508 e. The number of nitrogens with one attached hydrogen (secondary N) is 1. The highest BCUT2D eigenvalue weighted by Gasteiger charge is 2.03. The Labute approximate surface area is 129 Å². The van der Waals surface area contributed by atoms with Gasteiger partial charge in [-0.15, -0.1) is 0 Å². The first-order chi connectivity index (χ1) is 10.7. The molecule has 1 amide bonds. The number of rotatable bonds is 7. The predicted molar refractivity (Wildman–Crippen MR) is 83.3 cm³/mol. The second kappa shape index (κ2) is 7.93. The molecule has 0 fully saturated rings. The average molecular weight is 301 g/mol. The van der Waals surface area contributed by atoms with E-state index in [9.17, 15) is 9.90 Å². The number of hydrogen-bond donors (Lipinski definition) is 2. The first-order valence-electron chi connectivity index (χ1n) is 6.99. The van der Waals surface area contributed by atoms with Crippen LogP contribution in [0.15, 0.2) is 48.5 Å². The van der Waals surface area contributed by atoms with Crippen LogP contribution in [0.2, 0.25) is 0 Å². The molecule has 5 heteroatoms. The predicted octanol–water partition coefficient (Wildman–Crippen LogP) is 2.14. The monoisotopic (exact) mass is 301 g/mol. The quantitative estimate of drug-likeness (QED) is 0.769. The zero-order valence-corrected chi connectivity index (χ0v) is 12.4. The third kappa shape index (κ3) is 5.01. The molecule has 2 aromatic rings. The molecule has 5 nitrogen and oxygen atoms in total. The van der Waals surface area contributed by atoms with E-state index in [1.165, 1.54) is 0 Å². The number of phenolic OH excluding ortho intramolecular Hbond substituents is 1. The van der Waals surface area contributed by atoms with Crippen LogP contribution in [0.5, 0.6) is 17.2 Å². The van der Waals surface area contributed by atoms with Crippen molar-refractivity contribution in [2.24, 2.45) is 0 Å². The maximum absolute atomic E-state index is 11.7. The molecule has 0 heterocycles. The molecule has 116 valence electrons. The van der Waals surface area contributed by atoms with E-state index in [1.54, 1.807) is 31.4 Å². The lowest BCUT2D eigenvalue weighted by Crippen LogP contribution is -2.29. The normalized spacial score (nSPS) is 10.0. The van der Waals surface area contributed by atoms with Gasteiger partial charge in [0.25, 0.3) is 0 Å². The van der Waals surface area contributed by atoms with Crippen LogP contribution in [-0.2, 0) is 11.2 Å². The molecular formula is C17H19NO4. The van der Waals surface area contributed by atoms with Crippen LogP contribution in [0, 0.1) is 0 Å². The first kappa shape index (κ1) is 15.7. The highest BCUT2D eigenvalue weighted by Crippen LogP contribution is 2.16. The highest BCUT2D eigenvalue weighted by molar-refractivity contribution is 5.78. The summed E-state index contributed by atoms with van der Waals surface area (Å²) < 4.78 is 10.6. The second-order valence-electron chi connectivity index (χ2n) is 4.72. The molecule has 0 aliphatic carbocycles. The van der Waals surface area contributed by atoms with Gasteiger partial charge >= 0.3 is 0 Å².